The first-order chi connectivity index (χ1) is 17.2. The van der Waals surface area contributed by atoms with Crippen molar-refractivity contribution in [2.75, 3.05) is 20.1 Å². The topological polar surface area (TPSA) is 59.7 Å². The molecule has 6 nitrogen and oxygen atoms in total. The van der Waals surface area contributed by atoms with Crippen LogP contribution < -0.4 is 0 Å². The summed E-state index contributed by atoms with van der Waals surface area (Å²) in [5.41, 5.74) is 5.43. The maximum Gasteiger partial charge on any atom is 0.160 e. The fraction of sp³-hybridized carbons (Fsp3) is 0.214. The van der Waals surface area contributed by atoms with Crippen LogP contribution in [0.25, 0.3) is 44.5 Å². The molecular formula is C28H25FN6. The maximum atomic E-state index is 14.6. The van der Waals surface area contributed by atoms with Gasteiger partial charge in [-0.1, -0.05) is 12.1 Å². The van der Waals surface area contributed by atoms with Crippen LogP contribution in [-0.4, -0.2) is 49.8 Å². The first-order valence-electron chi connectivity index (χ1n) is 11.8. The smallest absolute Gasteiger partial charge is 0.160 e. The van der Waals surface area contributed by atoms with E-state index in [1.807, 2.05) is 42.9 Å². The minimum Gasteiger partial charge on any atom is -0.306 e. The van der Waals surface area contributed by atoms with E-state index in [9.17, 15) is 4.39 Å². The summed E-state index contributed by atoms with van der Waals surface area (Å²) in [6, 6.07) is 15.0. The van der Waals surface area contributed by atoms with E-state index in [1.54, 1.807) is 18.3 Å². The molecule has 1 saturated heterocycles. The van der Waals surface area contributed by atoms with Gasteiger partial charge in [0.05, 0.1) is 17.9 Å². The predicted molar refractivity (Wildman–Crippen MR) is 135 cm³/mol. The van der Waals surface area contributed by atoms with E-state index < -0.39 is 0 Å². The van der Waals surface area contributed by atoms with Gasteiger partial charge in [0.25, 0.3) is 0 Å². The Labute approximate surface area is 203 Å². The SMILES string of the molecule is CN1CCC(n2cc(-c3cncc(-c4cc(-c5ccccc5F)nc5ncccc45)c3)cn2)CC1. The second kappa shape index (κ2) is 9.00. The van der Waals surface area contributed by atoms with Crippen molar-refractivity contribution in [3.05, 3.63) is 85.3 Å². The standard InChI is InChI=1S/C28H25FN6/c1-34-11-8-22(9-12-34)35-18-21(17-32-35)19-13-20(16-30-15-19)25-14-27(24-5-2-3-7-26(24)29)33-28-23(25)6-4-10-31-28/h2-7,10,13-18,22H,8-9,11-12H2,1H3. The Morgan fingerprint density at radius 3 is 2.57 bits per heavy atom. The van der Waals surface area contributed by atoms with Crippen molar-refractivity contribution in [3.8, 4) is 33.5 Å². The maximum absolute atomic E-state index is 14.6. The van der Waals surface area contributed by atoms with Crippen LogP contribution in [0.2, 0.25) is 0 Å². The Bertz CT molecular complexity index is 1500. The van der Waals surface area contributed by atoms with Crippen LogP contribution in [0.5, 0.6) is 0 Å². The Kier molecular flexibility index (Phi) is 5.54. The molecule has 1 aliphatic rings. The molecule has 0 aliphatic carbocycles. The van der Waals surface area contributed by atoms with Gasteiger partial charge in [0.2, 0.25) is 0 Å². The van der Waals surface area contributed by atoms with E-state index >= 15 is 0 Å². The number of rotatable bonds is 4. The highest BCUT2D eigenvalue weighted by Crippen LogP contribution is 2.34. The molecule has 1 aromatic carbocycles. The molecule has 0 radical (unpaired) electrons. The molecule has 0 spiro atoms. The summed E-state index contributed by atoms with van der Waals surface area (Å²) in [5.74, 6) is -0.311. The lowest BCUT2D eigenvalue weighted by molar-refractivity contribution is 0.212. The summed E-state index contributed by atoms with van der Waals surface area (Å²) in [6.45, 7) is 2.18. The monoisotopic (exact) mass is 464 g/mol. The van der Waals surface area contributed by atoms with Gasteiger partial charge in [0.1, 0.15) is 5.82 Å². The molecule has 35 heavy (non-hydrogen) atoms. The van der Waals surface area contributed by atoms with Gasteiger partial charge in [0.15, 0.2) is 5.65 Å². The molecule has 0 amide bonds. The summed E-state index contributed by atoms with van der Waals surface area (Å²) in [7, 11) is 2.16. The molecule has 6 rings (SSSR count). The quantitative estimate of drug-likeness (QED) is 0.345. The van der Waals surface area contributed by atoms with Crippen molar-refractivity contribution < 1.29 is 4.39 Å². The number of benzene rings is 1. The molecule has 5 aromatic rings. The predicted octanol–water partition coefficient (Wildman–Crippen LogP) is 5.63. The van der Waals surface area contributed by atoms with E-state index in [-0.39, 0.29) is 5.82 Å². The lowest BCUT2D eigenvalue weighted by atomic mass is 9.99. The molecule has 5 heterocycles. The van der Waals surface area contributed by atoms with Gasteiger partial charge < -0.3 is 4.90 Å². The van der Waals surface area contributed by atoms with E-state index in [1.165, 1.54) is 6.07 Å². The largest absolute Gasteiger partial charge is 0.306 e. The third-order valence-corrected chi connectivity index (χ3v) is 6.78. The highest BCUT2D eigenvalue weighted by molar-refractivity contribution is 5.95. The first-order valence-corrected chi connectivity index (χ1v) is 11.8. The van der Waals surface area contributed by atoms with Gasteiger partial charge in [-0.05, 0) is 74.9 Å². The summed E-state index contributed by atoms with van der Waals surface area (Å²) < 4.78 is 16.7. The third-order valence-electron chi connectivity index (χ3n) is 6.78. The van der Waals surface area contributed by atoms with Gasteiger partial charge in [0, 0.05) is 52.4 Å². The van der Waals surface area contributed by atoms with Crippen molar-refractivity contribution in [1.82, 2.24) is 29.6 Å². The molecule has 4 aromatic heterocycles. The number of piperidine rings is 1. The van der Waals surface area contributed by atoms with Crippen molar-refractivity contribution in [1.29, 1.82) is 0 Å². The zero-order chi connectivity index (χ0) is 23.8. The van der Waals surface area contributed by atoms with Gasteiger partial charge in [-0.3, -0.25) is 9.67 Å². The highest BCUT2D eigenvalue weighted by atomic mass is 19.1. The Morgan fingerprint density at radius 1 is 0.886 bits per heavy atom. The van der Waals surface area contributed by atoms with Crippen LogP contribution in [0.4, 0.5) is 4.39 Å². The molecule has 0 bridgehead atoms. The highest BCUT2D eigenvalue weighted by Gasteiger charge is 2.19. The molecule has 0 atom stereocenters. The first kappa shape index (κ1) is 21.6. The molecule has 174 valence electrons. The Balaban J connectivity index is 1.41. The lowest BCUT2D eigenvalue weighted by Gasteiger charge is -2.28. The van der Waals surface area contributed by atoms with Crippen molar-refractivity contribution in [2.24, 2.45) is 0 Å². The zero-order valence-corrected chi connectivity index (χ0v) is 19.5. The minimum atomic E-state index is -0.311. The van der Waals surface area contributed by atoms with Crippen LogP contribution >= 0.6 is 0 Å². The van der Waals surface area contributed by atoms with Crippen LogP contribution in [0.1, 0.15) is 18.9 Å². The average molecular weight is 465 g/mol. The third kappa shape index (κ3) is 4.19. The number of hydrogen-bond acceptors (Lipinski definition) is 5. The summed E-state index contributed by atoms with van der Waals surface area (Å²) >= 11 is 0. The second-order valence-corrected chi connectivity index (χ2v) is 9.12. The molecular weight excluding hydrogens is 439 g/mol. The molecule has 1 aliphatic heterocycles. The molecule has 0 saturated carbocycles. The molecule has 7 heteroatoms. The summed E-state index contributed by atoms with van der Waals surface area (Å²) in [4.78, 5) is 16.0. The molecule has 0 N–H and O–H groups in total. The number of nitrogens with zero attached hydrogens (tertiary/aromatic N) is 6. The fourth-order valence-electron chi connectivity index (χ4n) is 4.79. The molecule has 1 fully saturated rings. The van der Waals surface area contributed by atoms with Crippen molar-refractivity contribution in [3.63, 3.8) is 0 Å². The van der Waals surface area contributed by atoms with E-state index in [0.29, 0.717) is 22.9 Å². The number of likely N-dealkylation sites (tertiary alicyclic amines) is 1. The van der Waals surface area contributed by atoms with E-state index in [4.69, 9.17) is 0 Å². The number of aromatic nitrogens is 5. The van der Waals surface area contributed by atoms with Crippen LogP contribution in [0.15, 0.2) is 79.5 Å². The second-order valence-electron chi connectivity index (χ2n) is 9.12. The minimum absolute atomic E-state index is 0.311. The number of pyridine rings is 3. The van der Waals surface area contributed by atoms with Crippen molar-refractivity contribution >= 4 is 11.0 Å². The Morgan fingerprint density at radius 2 is 1.71 bits per heavy atom. The summed E-state index contributed by atoms with van der Waals surface area (Å²) in [6.07, 6.45) is 11.6. The molecule has 0 unspecified atom stereocenters. The van der Waals surface area contributed by atoms with Crippen LogP contribution in [-0.2, 0) is 0 Å². The normalized spacial score (nSPS) is 15.0. The summed E-state index contributed by atoms with van der Waals surface area (Å²) in [5, 5.41) is 5.56. The van der Waals surface area contributed by atoms with Crippen LogP contribution in [0.3, 0.4) is 0 Å². The van der Waals surface area contributed by atoms with E-state index in [0.717, 1.165) is 53.6 Å². The van der Waals surface area contributed by atoms with Gasteiger partial charge >= 0.3 is 0 Å². The van der Waals surface area contributed by atoms with Crippen LogP contribution in [0, 0.1) is 5.82 Å². The number of fused-ring (bicyclic) bond motifs is 1. The lowest BCUT2D eigenvalue weighted by Crippen LogP contribution is -2.31. The van der Waals surface area contributed by atoms with Gasteiger partial charge in [-0.25, -0.2) is 14.4 Å². The fourth-order valence-corrected chi connectivity index (χ4v) is 4.79. The van der Waals surface area contributed by atoms with E-state index in [2.05, 4.69) is 48.9 Å². The van der Waals surface area contributed by atoms with Crippen molar-refractivity contribution in [2.45, 2.75) is 18.9 Å². The zero-order valence-electron chi connectivity index (χ0n) is 19.5. The van der Waals surface area contributed by atoms with Gasteiger partial charge in [-0.15, -0.1) is 0 Å². The number of hydrogen-bond donors (Lipinski definition) is 0. The average Bonchev–Trinajstić information content (AvgIpc) is 3.39. The number of halogens is 1. The Hall–Kier alpha value is -3.97. The van der Waals surface area contributed by atoms with Gasteiger partial charge in [-0.2, -0.15) is 5.10 Å².